The van der Waals surface area contributed by atoms with E-state index in [0.29, 0.717) is 12.4 Å². The summed E-state index contributed by atoms with van der Waals surface area (Å²) in [5.74, 6) is -0.255. The van der Waals surface area contributed by atoms with Crippen molar-refractivity contribution in [3.8, 4) is 16.9 Å². The molecule has 3 rings (SSSR count). The third kappa shape index (κ3) is 6.22. The second kappa shape index (κ2) is 10.8. The predicted molar refractivity (Wildman–Crippen MR) is 118 cm³/mol. The van der Waals surface area contributed by atoms with Gasteiger partial charge in [0.25, 0.3) is 0 Å². The van der Waals surface area contributed by atoms with Crippen molar-refractivity contribution in [2.45, 2.75) is 20.0 Å². The lowest BCUT2D eigenvalue weighted by Crippen LogP contribution is -2.13. The van der Waals surface area contributed by atoms with E-state index < -0.39 is 5.97 Å². The lowest BCUT2D eigenvalue weighted by atomic mass is 10.0. The molecule has 0 aliphatic heterocycles. The standard InChI is InChI=1S/C25H25NO4/c1-2-24(22-13-11-21(12-14-22)20-8-4-3-5-9-20)26-30-18-19-7-6-10-23(17-19)29-16-15-25(27)28/h2-14,17,26H,15-16,18H2,1H3,(H,27,28). The molecule has 0 saturated carbocycles. The zero-order chi connectivity index (χ0) is 21.2. The molecule has 5 heteroatoms. The minimum absolute atomic E-state index is 0.0317. The smallest absolute Gasteiger partial charge is 0.306 e. The van der Waals surface area contributed by atoms with Gasteiger partial charge in [0.1, 0.15) is 5.75 Å². The zero-order valence-corrected chi connectivity index (χ0v) is 16.9. The van der Waals surface area contributed by atoms with Crippen LogP contribution in [0.25, 0.3) is 16.8 Å². The molecule has 0 spiro atoms. The number of allylic oxidation sites excluding steroid dienone is 1. The van der Waals surface area contributed by atoms with Crippen molar-refractivity contribution < 1.29 is 19.5 Å². The van der Waals surface area contributed by atoms with E-state index >= 15 is 0 Å². The van der Waals surface area contributed by atoms with Gasteiger partial charge < -0.3 is 9.84 Å². The van der Waals surface area contributed by atoms with Gasteiger partial charge in [-0.2, -0.15) is 0 Å². The lowest BCUT2D eigenvalue weighted by molar-refractivity contribution is -0.137. The summed E-state index contributed by atoms with van der Waals surface area (Å²) in [7, 11) is 0. The van der Waals surface area contributed by atoms with Crippen molar-refractivity contribution in [2.75, 3.05) is 6.61 Å². The number of carboxylic acids is 1. The summed E-state index contributed by atoms with van der Waals surface area (Å²) in [4.78, 5) is 16.3. The predicted octanol–water partition coefficient (Wildman–Crippen LogP) is 5.29. The summed E-state index contributed by atoms with van der Waals surface area (Å²) < 4.78 is 5.45. The topological polar surface area (TPSA) is 67.8 Å². The molecular weight excluding hydrogens is 378 g/mol. The summed E-state index contributed by atoms with van der Waals surface area (Å²) in [6.45, 7) is 2.43. The van der Waals surface area contributed by atoms with Crippen LogP contribution in [0.1, 0.15) is 24.5 Å². The minimum atomic E-state index is -0.880. The average molecular weight is 403 g/mol. The highest BCUT2D eigenvalue weighted by Crippen LogP contribution is 2.22. The summed E-state index contributed by atoms with van der Waals surface area (Å²) in [6.07, 6.45) is 1.93. The summed E-state index contributed by atoms with van der Waals surface area (Å²) in [6, 6.07) is 26.0. The quantitative estimate of drug-likeness (QED) is 0.450. The first-order chi connectivity index (χ1) is 14.7. The van der Waals surface area contributed by atoms with Gasteiger partial charge in [-0.1, -0.05) is 72.8 Å². The fraction of sp³-hybridized carbons (Fsp3) is 0.160. The Morgan fingerprint density at radius 1 is 0.967 bits per heavy atom. The molecule has 2 N–H and O–H groups in total. The summed E-state index contributed by atoms with van der Waals surface area (Å²) in [5, 5.41) is 8.69. The molecule has 0 bridgehead atoms. The van der Waals surface area contributed by atoms with E-state index in [0.717, 1.165) is 22.4 Å². The number of hydrogen-bond donors (Lipinski definition) is 2. The van der Waals surface area contributed by atoms with E-state index in [9.17, 15) is 4.79 Å². The molecule has 0 amide bonds. The van der Waals surface area contributed by atoms with Crippen LogP contribution in [-0.2, 0) is 16.2 Å². The fourth-order valence-corrected chi connectivity index (χ4v) is 2.94. The van der Waals surface area contributed by atoms with E-state index in [4.69, 9.17) is 14.7 Å². The highest BCUT2D eigenvalue weighted by atomic mass is 16.6. The van der Waals surface area contributed by atoms with Gasteiger partial charge in [-0.15, -0.1) is 0 Å². The highest BCUT2D eigenvalue weighted by molar-refractivity contribution is 5.69. The number of ether oxygens (including phenoxy) is 1. The van der Waals surface area contributed by atoms with Crippen LogP contribution < -0.4 is 10.2 Å². The number of hydrogen-bond acceptors (Lipinski definition) is 4. The molecule has 3 aromatic rings. The first-order valence-electron chi connectivity index (χ1n) is 9.79. The maximum absolute atomic E-state index is 10.6. The first kappa shape index (κ1) is 21.1. The number of aliphatic carboxylic acids is 1. The highest BCUT2D eigenvalue weighted by Gasteiger charge is 2.04. The molecule has 5 nitrogen and oxygen atoms in total. The second-order valence-corrected chi connectivity index (χ2v) is 6.68. The van der Waals surface area contributed by atoms with Gasteiger partial charge in [0.15, 0.2) is 0 Å². The van der Waals surface area contributed by atoms with Gasteiger partial charge in [-0.3, -0.25) is 15.1 Å². The van der Waals surface area contributed by atoms with Crippen molar-refractivity contribution in [1.82, 2.24) is 5.48 Å². The van der Waals surface area contributed by atoms with E-state index in [-0.39, 0.29) is 13.0 Å². The monoisotopic (exact) mass is 403 g/mol. The Balaban J connectivity index is 1.54. The van der Waals surface area contributed by atoms with Crippen molar-refractivity contribution in [2.24, 2.45) is 0 Å². The third-order valence-electron chi connectivity index (χ3n) is 4.50. The fourth-order valence-electron chi connectivity index (χ4n) is 2.94. The molecule has 0 saturated heterocycles. The Bertz CT molecular complexity index is 982. The Morgan fingerprint density at radius 2 is 1.70 bits per heavy atom. The maximum atomic E-state index is 10.6. The normalized spacial score (nSPS) is 11.2. The molecule has 154 valence electrons. The molecule has 0 heterocycles. The summed E-state index contributed by atoms with van der Waals surface area (Å²) in [5.41, 5.74) is 8.19. The van der Waals surface area contributed by atoms with E-state index in [2.05, 4.69) is 41.9 Å². The lowest BCUT2D eigenvalue weighted by Gasteiger charge is -2.13. The van der Waals surface area contributed by atoms with Crippen LogP contribution >= 0.6 is 0 Å². The molecule has 0 atom stereocenters. The van der Waals surface area contributed by atoms with E-state index in [1.165, 1.54) is 5.56 Å². The van der Waals surface area contributed by atoms with Crippen molar-refractivity contribution in [3.05, 3.63) is 96.1 Å². The molecule has 0 aromatic heterocycles. The Labute approximate surface area is 176 Å². The Kier molecular flexibility index (Phi) is 7.64. The summed E-state index contributed by atoms with van der Waals surface area (Å²) >= 11 is 0. The van der Waals surface area contributed by atoms with E-state index in [1.807, 2.05) is 49.4 Å². The van der Waals surface area contributed by atoms with Crippen LogP contribution in [-0.4, -0.2) is 17.7 Å². The average Bonchev–Trinajstić information content (AvgIpc) is 2.78. The molecule has 30 heavy (non-hydrogen) atoms. The van der Waals surface area contributed by atoms with Gasteiger partial charge in [0.2, 0.25) is 0 Å². The Hall–Kier alpha value is -3.57. The number of carboxylic acid groups (broad SMARTS) is 1. The molecule has 0 aliphatic carbocycles. The van der Waals surface area contributed by atoms with Gasteiger partial charge >= 0.3 is 5.97 Å². The molecule has 0 unspecified atom stereocenters. The molecule has 0 aliphatic rings. The van der Waals surface area contributed by atoms with Gasteiger partial charge in [0.05, 0.1) is 25.3 Å². The van der Waals surface area contributed by atoms with Crippen molar-refractivity contribution in [1.29, 1.82) is 0 Å². The molecule has 0 fully saturated rings. The maximum Gasteiger partial charge on any atom is 0.306 e. The van der Waals surface area contributed by atoms with Crippen LogP contribution in [0.5, 0.6) is 5.75 Å². The van der Waals surface area contributed by atoms with Crippen LogP contribution in [0.15, 0.2) is 84.9 Å². The number of benzene rings is 3. The number of rotatable bonds is 10. The van der Waals surface area contributed by atoms with Crippen LogP contribution in [0, 0.1) is 0 Å². The van der Waals surface area contributed by atoms with Crippen LogP contribution in [0.2, 0.25) is 0 Å². The Morgan fingerprint density at radius 3 is 2.40 bits per heavy atom. The van der Waals surface area contributed by atoms with Crippen LogP contribution in [0.4, 0.5) is 0 Å². The molecule has 0 radical (unpaired) electrons. The second-order valence-electron chi connectivity index (χ2n) is 6.68. The number of nitrogens with one attached hydrogen (secondary N) is 1. The van der Waals surface area contributed by atoms with Gasteiger partial charge in [0, 0.05) is 0 Å². The van der Waals surface area contributed by atoms with Crippen LogP contribution in [0.3, 0.4) is 0 Å². The minimum Gasteiger partial charge on any atom is -0.493 e. The largest absolute Gasteiger partial charge is 0.493 e. The van der Waals surface area contributed by atoms with Crippen molar-refractivity contribution in [3.63, 3.8) is 0 Å². The number of carbonyl (C=O) groups is 1. The van der Waals surface area contributed by atoms with Gasteiger partial charge in [-0.25, -0.2) is 0 Å². The van der Waals surface area contributed by atoms with Crippen molar-refractivity contribution >= 4 is 11.7 Å². The SMILES string of the molecule is CC=C(NOCc1cccc(OCCC(=O)O)c1)c1ccc(-c2ccccc2)cc1. The number of hydroxylamine groups is 1. The molecular formula is C25H25NO4. The zero-order valence-electron chi connectivity index (χ0n) is 16.9. The third-order valence-corrected chi connectivity index (χ3v) is 4.50. The molecule has 3 aromatic carbocycles. The van der Waals surface area contributed by atoms with E-state index in [1.54, 1.807) is 6.07 Å². The van der Waals surface area contributed by atoms with Gasteiger partial charge in [-0.05, 0) is 41.3 Å². The first-order valence-corrected chi connectivity index (χ1v) is 9.79.